The second-order valence-electron chi connectivity index (χ2n) is 5.95. The van der Waals surface area contributed by atoms with Crippen molar-refractivity contribution in [1.29, 1.82) is 0 Å². The zero-order valence-corrected chi connectivity index (χ0v) is 11.7. The van der Waals surface area contributed by atoms with Crippen LogP contribution in [0.4, 0.5) is 0 Å². The highest BCUT2D eigenvalue weighted by molar-refractivity contribution is 5.47. The van der Waals surface area contributed by atoms with Crippen LogP contribution >= 0.6 is 0 Å². The predicted octanol–water partition coefficient (Wildman–Crippen LogP) is 1.81. The van der Waals surface area contributed by atoms with E-state index in [0.717, 1.165) is 37.4 Å². The Labute approximate surface area is 114 Å². The Morgan fingerprint density at radius 1 is 1.42 bits per heavy atom. The highest BCUT2D eigenvalue weighted by atomic mass is 15.2. The second-order valence-corrected chi connectivity index (χ2v) is 5.95. The van der Waals surface area contributed by atoms with Gasteiger partial charge in [-0.3, -0.25) is 4.90 Å². The molecule has 0 saturated carbocycles. The number of fused-ring (bicyclic) bond motifs is 1. The summed E-state index contributed by atoms with van der Waals surface area (Å²) in [5.74, 6) is 0.683. The van der Waals surface area contributed by atoms with Crippen molar-refractivity contribution in [2.24, 2.45) is 11.7 Å². The van der Waals surface area contributed by atoms with Gasteiger partial charge in [0.25, 0.3) is 0 Å². The Kier molecular flexibility index (Phi) is 3.29. The van der Waals surface area contributed by atoms with Crippen molar-refractivity contribution in [3.63, 3.8) is 0 Å². The standard InChI is InChI=1S/C15H22N4/c1-11-6-13(16)8-18(7-11)9-14-10-19-5-3-4-12(2)15(19)17-14/h3-5,10-11,13H,6-9,16H2,1-2H3. The molecule has 1 saturated heterocycles. The quantitative estimate of drug-likeness (QED) is 0.893. The lowest BCUT2D eigenvalue weighted by Crippen LogP contribution is -2.45. The summed E-state index contributed by atoms with van der Waals surface area (Å²) in [6.07, 6.45) is 5.33. The molecule has 1 fully saturated rings. The number of nitrogens with two attached hydrogens (primary N) is 1. The van der Waals surface area contributed by atoms with Gasteiger partial charge in [0.1, 0.15) is 5.65 Å². The number of hydrogen-bond acceptors (Lipinski definition) is 3. The highest BCUT2D eigenvalue weighted by Gasteiger charge is 2.22. The van der Waals surface area contributed by atoms with Crippen LogP contribution < -0.4 is 5.73 Å². The number of pyridine rings is 1. The number of hydrogen-bond donors (Lipinski definition) is 1. The molecule has 2 aromatic heterocycles. The van der Waals surface area contributed by atoms with Gasteiger partial charge in [0.2, 0.25) is 0 Å². The predicted molar refractivity (Wildman–Crippen MR) is 77.0 cm³/mol. The van der Waals surface area contributed by atoms with E-state index in [1.54, 1.807) is 0 Å². The van der Waals surface area contributed by atoms with Gasteiger partial charge < -0.3 is 10.1 Å². The van der Waals surface area contributed by atoms with Crippen LogP contribution in [0.5, 0.6) is 0 Å². The molecule has 4 heteroatoms. The Morgan fingerprint density at radius 2 is 2.26 bits per heavy atom. The summed E-state index contributed by atoms with van der Waals surface area (Å²) >= 11 is 0. The van der Waals surface area contributed by atoms with Gasteiger partial charge in [-0.15, -0.1) is 0 Å². The molecule has 2 atom stereocenters. The molecule has 0 aliphatic carbocycles. The minimum absolute atomic E-state index is 0.308. The van der Waals surface area contributed by atoms with Crippen LogP contribution in [-0.2, 0) is 6.54 Å². The summed E-state index contributed by atoms with van der Waals surface area (Å²) in [4.78, 5) is 7.16. The molecule has 2 N–H and O–H groups in total. The minimum Gasteiger partial charge on any atom is -0.327 e. The van der Waals surface area contributed by atoms with Crippen molar-refractivity contribution < 1.29 is 0 Å². The van der Waals surface area contributed by atoms with Crippen LogP contribution in [-0.4, -0.2) is 33.4 Å². The molecule has 1 aliphatic heterocycles. The maximum atomic E-state index is 6.10. The van der Waals surface area contributed by atoms with Crippen molar-refractivity contribution >= 4 is 5.65 Å². The Bertz CT molecular complexity index is 565. The van der Waals surface area contributed by atoms with E-state index in [0.29, 0.717) is 12.0 Å². The van der Waals surface area contributed by atoms with Gasteiger partial charge in [-0.1, -0.05) is 13.0 Å². The van der Waals surface area contributed by atoms with E-state index >= 15 is 0 Å². The smallest absolute Gasteiger partial charge is 0.139 e. The maximum Gasteiger partial charge on any atom is 0.139 e. The van der Waals surface area contributed by atoms with Gasteiger partial charge >= 0.3 is 0 Å². The molecule has 2 aromatic rings. The number of likely N-dealkylation sites (tertiary alicyclic amines) is 1. The molecule has 0 bridgehead atoms. The largest absolute Gasteiger partial charge is 0.327 e. The lowest BCUT2D eigenvalue weighted by atomic mass is 9.96. The fraction of sp³-hybridized carbons (Fsp3) is 0.533. The van der Waals surface area contributed by atoms with E-state index in [1.807, 2.05) is 0 Å². The molecule has 0 spiro atoms. The molecule has 102 valence electrons. The zero-order chi connectivity index (χ0) is 13.4. The zero-order valence-electron chi connectivity index (χ0n) is 11.7. The molecular formula is C15H22N4. The number of piperidine rings is 1. The lowest BCUT2D eigenvalue weighted by Gasteiger charge is -2.34. The van der Waals surface area contributed by atoms with Gasteiger partial charge in [-0.25, -0.2) is 4.98 Å². The summed E-state index contributed by atoms with van der Waals surface area (Å²) in [7, 11) is 0. The number of nitrogens with zero attached hydrogens (tertiary/aromatic N) is 3. The summed E-state index contributed by atoms with van der Waals surface area (Å²) in [5.41, 5.74) is 9.52. The molecular weight excluding hydrogens is 236 g/mol. The number of imidazole rings is 1. The summed E-state index contributed by atoms with van der Waals surface area (Å²) < 4.78 is 2.11. The summed E-state index contributed by atoms with van der Waals surface area (Å²) in [6.45, 7) is 7.39. The van der Waals surface area contributed by atoms with Crippen LogP contribution in [0.25, 0.3) is 5.65 Å². The van der Waals surface area contributed by atoms with Gasteiger partial charge in [-0.2, -0.15) is 0 Å². The first kappa shape index (κ1) is 12.6. The number of aryl methyl sites for hydroxylation is 1. The third-order valence-corrected chi connectivity index (χ3v) is 3.88. The van der Waals surface area contributed by atoms with Gasteiger partial charge in [0, 0.05) is 38.1 Å². The Balaban J connectivity index is 1.79. The first-order chi connectivity index (χ1) is 9.11. The Morgan fingerprint density at radius 3 is 3.00 bits per heavy atom. The first-order valence-electron chi connectivity index (χ1n) is 7.03. The SMILES string of the molecule is Cc1cccn2cc(CN3CC(C)CC(N)C3)nc12. The molecule has 19 heavy (non-hydrogen) atoms. The number of rotatable bonds is 2. The second kappa shape index (κ2) is 4.94. The molecule has 1 aliphatic rings. The van der Waals surface area contributed by atoms with Gasteiger partial charge in [0.15, 0.2) is 0 Å². The normalized spacial score (nSPS) is 25.0. The topological polar surface area (TPSA) is 46.6 Å². The van der Waals surface area contributed by atoms with E-state index in [9.17, 15) is 0 Å². The first-order valence-corrected chi connectivity index (χ1v) is 7.03. The van der Waals surface area contributed by atoms with Crippen LogP contribution in [0.2, 0.25) is 0 Å². The van der Waals surface area contributed by atoms with Crippen LogP contribution in [0.3, 0.4) is 0 Å². The highest BCUT2D eigenvalue weighted by Crippen LogP contribution is 2.18. The molecule has 3 rings (SSSR count). The van der Waals surface area contributed by atoms with Gasteiger partial charge in [-0.05, 0) is 30.9 Å². The molecule has 3 heterocycles. The van der Waals surface area contributed by atoms with E-state index in [1.165, 1.54) is 5.56 Å². The monoisotopic (exact) mass is 258 g/mol. The molecule has 2 unspecified atom stereocenters. The molecule has 4 nitrogen and oxygen atoms in total. The summed E-state index contributed by atoms with van der Waals surface area (Å²) in [6, 6.07) is 4.47. The third kappa shape index (κ3) is 2.65. The van der Waals surface area contributed by atoms with Crippen molar-refractivity contribution in [2.75, 3.05) is 13.1 Å². The van der Waals surface area contributed by atoms with Crippen molar-refractivity contribution in [3.8, 4) is 0 Å². The van der Waals surface area contributed by atoms with E-state index in [2.05, 4.69) is 47.7 Å². The fourth-order valence-electron chi connectivity index (χ4n) is 3.15. The average molecular weight is 258 g/mol. The summed E-state index contributed by atoms with van der Waals surface area (Å²) in [5, 5.41) is 0. The minimum atomic E-state index is 0.308. The van der Waals surface area contributed by atoms with Crippen molar-refractivity contribution in [1.82, 2.24) is 14.3 Å². The average Bonchev–Trinajstić information content (AvgIpc) is 2.71. The number of aromatic nitrogens is 2. The Hall–Kier alpha value is -1.39. The molecule has 0 aromatic carbocycles. The van der Waals surface area contributed by atoms with Crippen LogP contribution in [0, 0.1) is 12.8 Å². The van der Waals surface area contributed by atoms with Gasteiger partial charge in [0.05, 0.1) is 5.69 Å². The fourth-order valence-corrected chi connectivity index (χ4v) is 3.15. The van der Waals surface area contributed by atoms with Crippen molar-refractivity contribution in [3.05, 3.63) is 35.8 Å². The van der Waals surface area contributed by atoms with E-state index in [-0.39, 0.29) is 0 Å². The van der Waals surface area contributed by atoms with Crippen LogP contribution in [0.1, 0.15) is 24.6 Å². The van der Waals surface area contributed by atoms with E-state index in [4.69, 9.17) is 10.7 Å². The van der Waals surface area contributed by atoms with Crippen LogP contribution in [0.15, 0.2) is 24.5 Å². The third-order valence-electron chi connectivity index (χ3n) is 3.88. The lowest BCUT2D eigenvalue weighted by molar-refractivity contribution is 0.157. The maximum absolute atomic E-state index is 6.10. The van der Waals surface area contributed by atoms with E-state index < -0.39 is 0 Å². The van der Waals surface area contributed by atoms with Crippen molar-refractivity contribution in [2.45, 2.75) is 32.9 Å². The molecule has 0 amide bonds. The molecule has 0 radical (unpaired) electrons.